The number of benzene rings is 1. The molecule has 1 unspecified atom stereocenters. The predicted octanol–water partition coefficient (Wildman–Crippen LogP) is 0.442. The highest BCUT2D eigenvalue weighted by Gasteiger charge is 2.23. The van der Waals surface area contributed by atoms with E-state index in [2.05, 4.69) is 5.32 Å². The van der Waals surface area contributed by atoms with E-state index in [4.69, 9.17) is 5.73 Å². The lowest BCUT2D eigenvalue weighted by molar-refractivity contribution is -0.130. The minimum atomic E-state index is -1.17. The summed E-state index contributed by atoms with van der Waals surface area (Å²) in [5.74, 6) is -0.413. The van der Waals surface area contributed by atoms with Crippen molar-refractivity contribution in [1.82, 2.24) is 5.32 Å². The zero-order chi connectivity index (χ0) is 12.8. The molecule has 1 aromatic carbocycles. The second-order valence-electron chi connectivity index (χ2n) is 4.46. The second kappa shape index (κ2) is 6.37. The van der Waals surface area contributed by atoms with Crippen LogP contribution in [0.1, 0.15) is 19.4 Å². The fourth-order valence-electron chi connectivity index (χ4n) is 1.56. The van der Waals surface area contributed by atoms with E-state index in [0.29, 0.717) is 6.42 Å². The Morgan fingerprint density at radius 1 is 1.35 bits per heavy atom. The van der Waals surface area contributed by atoms with Gasteiger partial charge in [0.1, 0.15) is 6.10 Å². The first-order valence-corrected chi connectivity index (χ1v) is 5.78. The molecule has 94 valence electrons. The number of aliphatic hydroxyl groups is 1. The number of carbonyl (C=O) groups is 1. The first kappa shape index (κ1) is 13.7. The molecule has 2 atom stereocenters. The quantitative estimate of drug-likeness (QED) is 0.694. The Balaban J connectivity index is 2.52. The monoisotopic (exact) mass is 236 g/mol. The van der Waals surface area contributed by atoms with Crippen LogP contribution in [0.2, 0.25) is 0 Å². The lowest BCUT2D eigenvalue weighted by Crippen LogP contribution is -2.49. The van der Waals surface area contributed by atoms with Crippen molar-refractivity contribution in [1.29, 1.82) is 0 Å². The van der Waals surface area contributed by atoms with Gasteiger partial charge >= 0.3 is 0 Å². The van der Waals surface area contributed by atoms with Gasteiger partial charge in [0.15, 0.2) is 0 Å². The summed E-state index contributed by atoms with van der Waals surface area (Å²) in [5.41, 5.74) is 6.83. The van der Waals surface area contributed by atoms with Crippen LogP contribution in [0.4, 0.5) is 0 Å². The lowest BCUT2D eigenvalue weighted by Gasteiger charge is -2.19. The summed E-state index contributed by atoms with van der Waals surface area (Å²) in [5, 5.41) is 12.4. The van der Waals surface area contributed by atoms with E-state index in [1.807, 2.05) is 44.2 Å². The molecule has 1 aromatic rings. The number of rotatable bonds is 5. The molecule has 0 saturated heterocycles. The van der Waals surface area contributed by atoms with Gasteiger partial charge in [0, 0.05) is 12.1 Å². The molecule has 17 heavy (non-hydrogen) atoms. The standard InChI is InChI=1S/C13H20N2O2/c1-9(2)15-13(17)12(16)11(14)8-10-6-4-3-5-7-10/h3-7,9,11-12,16H,8,14H2,1-2H3,(H,15,17)/t11-,12?/m0/s1. The minimum absolute atomic E-state index is 0.000996. The maximum atomic E-state index is 11.5. The van der Waals surface area contributed by atoms with Crippen LogP contribution in [0.3, 0.4) is 0 Å². The number of nitrogens with two attached hydrogens (primary N) is 1. The van der Waals surface area contributed by atoms with Crippen molar-refractivity contribution in [3.63, 3.8) is 0 Å². The van der Waals surface area contributed by atoms with E-state index in [0.717, 1.165) is 5.56 Å². The van der Waals surface area contributed by atoms with Gasteiger partial charge in [-0.25, -0.2) is 0 Å². The molecule has 4 nitrogen and oxygen atoms in total. The maximum absolute atomic E-state index is 11.5. The van der Waals surface area contributed by atoms with Gasteiger partial charge in [-0.1, -0.05) is 30.3 Å². The average Bonchev–Trinajstić information content (AvgIpc) is 2.28. The summed E-state index contributed by atoms with van der Waals surface area (Å²) in [7, 11) is 0. The van der Waals surface area contributed by atoms with Gasteiger partial charge in [0.25, 0.3) is 5.91 Å². The number of aliphatic hydroxyl groups excluding tert-OH is 1. The van der Waals surface area contributed by atoms with Crippen LogP contribution >= 0.6 is 0 Å². The molecule has 1 rings (SSSR count). The zero-order valence-electron chi connectivity index (χ0n) is 10.3. The van der Waals surface area contributed by atoms with E-state index < -0.39 is 18.1 Å². The number of hydrogen-bond acceptors (Lipinski definition) is 3. The SMILES string of the molecule is CC(C)NC(=O)C(O)[C@@H](N)Cc1ccccc1. The van der Waals surface area contributed by atoms with Crippen LogP contribution in [0.25, 0.3) is 0 Å². The van der Waals surface area contributed by atoms with Gasteiger partial charge in [-0.05, 0) is 25.8 Å². The highest BCUT2D eigenvalue weighted by Crippen LogP contribution is 2.04. The molecule has 4 heteroatoms. The van der Waals surface area contributed by atoms with Gasteiger partial charge in [-0.3, -0.25) is 4.79 Å². The normalized spacial score (nSPS) is 14.4. The van der Waals surface area contributed by atoms with Gasteiger partial charge in [0.2, 0.25) is 0 Å². The summed E-state index contributed by atoms with van der Waals surface area (Å²) < 4.78 is 0. The summed E-state index contributed by atoms with van der Waals surface area (Å²) >= 11 is 0. The fourth-order valence-corrected chi connectivity index (χ4v) is 1.56. The van der Waals surface area contributed by atoms with Gasteiger partial charge in [-0.15, -0.1) is 0 Å². The Hall–Kier alpha value is -1.39. The third-order valence-corrected chi connectivity index (χ3v) is 2.42. The van der Waals surface area contributed by atoms with Crippen LogP contribution in [0, 0.1) is 0 Å². The van der Waals surface area contributed by atoms with E-state index in [1.165, 1.54) is 0 Å². The van der Waals surface area contributed by atoms with Gasteiger partial charge in [-0.2, -0.15) is 0 Å². The van der Waals surface area contributed by atoms with Gasteiger partial charge < -0.3 is 16.2 Å². The summed E-state index contributed by atoms with van der Waals surface area (Å²) in [4.78, 5) is 11.5. The Morgan fingerprint density at radius 2 is 1.94 bits per heavy atom. The Labute approximate surface area is 102 Å². The molecule has 0 fully saturated rings. The third kappa shape index (κ3) is 4.54. The average molecular weight is 236 g/mol. The Bertz CT molecular complexity index is 352. The first-order valence-electron chi connectivity index (χ1n) is 5.78. The van der Waals surface area contributed by atoms with Crippen LogP contribution < -0.4 is 11.1 Å². The largest absolute Gasteiger partial charge is 0.382 e. The molecule has 0 radical (unpaired) electrons. The van der Waals surface area contributed by atoms with E-state index in [9.17, 15) is 9.90 Å². The Kier molecular flexibility index (Phi) is 5.12. The van der Waals surface area contributed by atoms with Crippen molar-refractivity contribution in [2.24, 2.45) is 5.73 Å². The molecular weight excluding hydrogens is 216 g/mol. The van der Waals surface area contributed by atoms with Crippen molar-refractivity contribution in [2.45, 2.75) is 38.5 Å². The molecule has 0 bridgehead atoms. The highest BCUT2D eigenvalue weighted by molar-refractivity contribution is 5.81. The molecule has 0 heterocycles. The Morgan fingerprint density at radius 3 is 2.47 bits per heavy atom. The topological polar surface area (TPSA) is 75.3 Å². The fraction of sp³-hybridized carbons (Fsp3) is 0.462. The van der Waals surface area contributed by atoms with Crippen molar-refractivity contribution >= 4 is 5.91 Å². The van der Waals surface area contributed by atoms with Crippen LogP contribution in [0.5, 0.6) is 0 Å². The number of hydrogen-bond donors (Lipinski definition) is 3. The lowest BCUT2D eigenvalue weighted by atomic mass is 10.0. The van der Waals surface area contributed by atoms with Crippen LogP contribution in [-0.2, 0) is 11.2 Å². The summed E-state index contributed by atoms with van der Waals surface area (Å²) in [6, 6.07) is 8.99. The third-order valence-electron chi connectivity index (χ3n) is 2.42. The summed E-state index contributed by atoms with van der Waals surface area (Å²) in [6.45, 7) is 3.68. The number of carbonyl (C=O) groups excluding carboxylic acids is 1. The summed E-state index contributed by atoms with van der Waals surface area (Å²) in [6.07, 6.45) is -0.689. The smallest absolute Gasteiger partial charge is 0.250 e. The number of nitrogens with one attached hydrogen (secondary N) is 1. The predicted molar refractivity (Wildman–Crippen MR) is 67.4 cm³/mol. The maximum Gasteiger partial charge on any atom is 0.250 e. The van der Waals surface area contributed by atoms with Crippen molar-refractivity contribution in [2.75, 3.05) is 0 Å². The van der Waals surface area contributed by atoms with Gasteiger partial charge in [0.05, 0.1) is 0 Å². The molecule has 0 aliphatic heterocycles. The molecule has 0 spiro atoms. The van der Waals surface area contributed by atoms with Crippen molar-refractivity contribution in [3.8, 4) is 0 Å². The molecule has 0 aliphatic rings. The second-order valence-corrected chi connectivity index (χ2v) is 4.46. The highest BCUT2D eigenvalue weighted by atomic mass is 16.3. The van der Waals surface area contributed by atoms with Crippen molar-refractivity contribution in [3.05, 3.63) is 35.9 Å². The van der Waals surface area contributed by atoms with Crippen LogP contribution in [-0.4, -0.2) is 29.2 Å². The number of amides is 1. The van der Waals surface area contributed by atoms with E-state index in [-0.39, 0.29) is 6.04 Å². The first-order chi connectivity index (χ1) is 8.00. The van der Waals surface area contributed by atoms with Crippen LogP contribution in [0.15, 0.2) is 30.3 Å². The zero-order valence-corrected chi connectivity index (χ0v) is 10.3. The van der Waals surface area contributed by atoms with E-state index >= 15 is 0 Å². The van der Waals surface area contributed by atoms with E-state index in [1.54, 1.807) is 0 Å². The molecule has 1 amide bonds. The minimum Gasteiger partial charge on any atom is -0.382 e. The van der Waals surface area contributed by atoms with Crippen molar-refractivity contribution < 1.29 is 9.90 Å². The molecule has 0 aromatic heterocycles. The molecular formula is C13H20N2O2. The molecule has 0 saturated carbocycles. The molecule has 4 N–H and O–H groups in total. The molecule has 0 aliphatic carbocycles.